The highest BCUT2D eigenvalue weighted by Gasteiger charge is 2.10. The number of hydrogen-bond acceptors (Lipinski definition) is 3. The second-order valence-corrected chi connectivity index (χ2v) is 5.71. The zero-order chi connectivity index (χ0) is 14.3. The Kier molecular flexibility index (Phi) is 7.17. The van der Waals surface area contributed by atoms with E-state index < -0.39 is 0 Å². The highest BCUT2D eigenvalue weighted by Crippen LogP contribution is 2.16. The number of rotatable bonds is 9. The number of aryl methyl sites for hydroxylation is 1. The predicted octanol–water partition coefficient (Wildman–Crippen LogP) is 3.57. The fourth-order valence-electron chi connectivity index (χ4n) is 2.20. The molecule has 1 rings (SSSR count). The Labute approximate surface area is 118 Å². The monoisotopic (exact) mass is 266 g/mol. The van der Waals surface area contributed by atoms with Crippen LogP contribution in [0.2, 0.25) is 0 Å². The summed E-state index contributed by atoms with van der Waals surface area (Å²) in [6.07, 6.45) is 1.19. The van der Waals surface area contributed by atoms with Gasteiger partial charge in [0.25, 0.3) is 0 Å². The van der Waals surface area contributed by atoms with Crippen molar-refractivity contribution in [2.24, 2.45) is 5.92 Å². The van der Waals surface area contributed by atoms with E-state index in [9.17, 15) is 0 Å². The minimum absolute atomic E-state index is 0.676. The molecule has 0 bridgehead atoms. The fourth-order valence-corrected chi connectivity index (χ4v) is 2.20. The van der Waals surface area contributed by atoms with Gasteiger partial charge < -0.3 is 9.73 Å². The first-order valence-electron chi connectivity index (χ1n) is 7.58. The first kappa shape index (κ1) is 16.3. The summed E-state index contributed by atoms with van der Waals surface area (Å²) in [6.45, 7) is 16.0. The van der Waals surface area contributed by atoms with Crippen LogP contribution in [0.3, 0.4) is 0 Å². The van der Waals surface area contributed by atoms with Crippen LogP contribution in [0, 0.1) is 12.8 Å². The van der Waals surface area contributed by atoms with Gasteiger partial charge in [-0.15, -0.1) is 0 Å². The molecule has 0 aromatic carbocycles. The lowest BCUT2D eigenvalue weighted by Gasteiger charge is -2.17. The first-order chi connectivity index (χ1) is 9.06. The van der Waals surface area contributed by atoms with E-state index in [1.54, 1.807) is 0 Å². The summed E-state index contributed by atoms with van der Waals surface area (Å²) in [5, 5.41) is 3.44. The Morgan fingerprint density at radius 2 is 2.05 bits per heavy atom. The van der Waals surface area contributed by atoms with Crippen molar-refractivity contribution in [2.45, 2.75) is 54.1 Å². The van der Waals surface area contributed by atoms with Crippen LogP contribution < -0.4 is 5.32 Å². The summed E-state index contributed by atoms with van der Waals surface area (Å²) >= 11 is 0. The molecule has 0 aliphatic rings. The minimum atomic E-state index is 0.676. The van der Waals surface area contributed by atoms with Gasteiger partial charge in [0.1, 0.15) is 11.5 Å². The molecule has 0 spiro atoms. The molecule has 3 nitrogen and oxygen atoms in total. The van der Waals surface area contributed by atoms with Crippen LogP contribution in [-0.2, 0) is 13.1 Å². The lowest BCUT2D eigenvalue weighted by Crippen LogP contribution is -2.23. The van der Waals surface area contributed by atoms with Crippen LogP contribution >= 0.6 is 0 Å². The molecule has 3 heteroatoms. The van der Waals surface area contributed by atoms with Crippen molar-refractivity contribution < 1.29 is 4.42 Å². The molecule has 0 aliphatic heterocycles. The molecule has 0 aliphatic carbocycles. The molecule has 0 radical (unpaired) electrons. The van der Waals surface area contributed by atoms with Gasteiger partial charge in [-0.25, -0.2) is 0 Å². The van der Waals surface area contributed by atoms with Crippen LogP contribution in [0.15, 0.2) is 10.5 Å². The largest absolute Gasteiger partial charge is 0.463 e. The molecule has 19 heavy (non-hydrogen) atoms. The Morgan fingerprint density at radius 1 is 1.32 bits per heavy atom. The Bertz CT molecular complexity index is 358. The Hall–Kier alpha value is -0.800. The van der Waals surface area contributed by atoms with Gasteiger partial charge in [-0.2, -0.15) is 0 Å². The zero-order valence-electron chi connectivity index (χ0n) is 13.3. The number of furan rings is 1. The molecule has 0 saturated heterocycles. The zero-order valence-corrected chi connectivity index (χ0v) is 13.3. The van der Waals surface area contributed by atoms with E-state index in [0.717, 1.165) is 44.2 Å². The van der Waals surface area contributed by atoms with E-state index in [4.69, 9.17) is 4.42 Å². The van der Waals surface area contributed by atoms with E-state index >= 15 is 0 Å². The normalized spacial score (nSPS) is 11.7. The van der Waals surface area contributed by atoms with Gasteiger partial charge in [-0.1, -0.05) is 27.7 Å². The fraction of sp³-hybridized carbons (Fsp3) is 0.750. The number of nitrogens with one attached hydrogen (secondary N) is 1. The molecule has 0 fully saturated rings. The third-order valence-electron chi connectivity index (χ3n) is 3.28. The molecule has 0 amide bonds. The maximum absolute atomic E-state index is 5.97. The van der Waals surface area contributed by atoms with Gasteiger partial charge in [0.05, 0.1) is 13.1 Å². The molecule has 0 atom stereocenters. The van der Waals surface area contributed by atoms with Gasteiger partial charge in [-0.3, -0.25) is 4.90 Å². The Morgan fingerprint density at radius 3 is 2.63 bits per heavy atom. The first-order valence-corrected chi connectivity index (χ1v) is 7.58. The standard InChI is InChI=1S/C16H30N2O/c1-6-8-18(7-2)12-15-9-14(5)16(19-15)11-17-10-13(3)4/h9,13,17H,6-8,10-12H2,1-5H3. The Balaban J connectivity index is 2.52. The van der Waals surface area contributed by atoms with Gasteiger partial charge in [0.15, 0.2) is 0 Å². The van der Waals surface area contributed by atoms with Crippen LogP contribution in [0.4, 0.5) is 0 Å². The molecular weight excluding hydrogens is 236 g/mol. The summed E-state index contributed by atoms with van der Waals surface area (Å²) in [5.74, 6) is 2.85. The molecule has 1 aromatic heterocycles. The molecular formula is C16H30N2O. The van der Waals surface area contributed by atoms with Gasteiger partial charge >= 0.3 is 0 Å². The van der Waals surface area contributed by atoms with Crippen molar-refractivity contribution in [3.05, 3.63) is 23.2 Å². The third-order valence-corrected chi connectivity index (χ3v) is 3.28. The molecule has 1 aromatic rings. The van der Waals surface area contributed by atoms with Crippen molar-refractivity contribution in [3.63, 3.8) is 0 Å². The van der Waals surface area contributed by atoms with E-state index in [1.165, 1.54) is 12.0 Å². The van der Waals surface area contributed by atoms with E-state index in [1.807, 2.05) is 0 Å². The van der Waals surface area contributed by atoms with Crippen molar-refractivity contribution in [3.8, 4) is 0 Å². The van der Waals surface area contributed by atoms with Crippen molar-refractivity contribution in [1.29, 1.82) is 0 Å². The molecule has 1 heterocycles. The second kappa shape index (κ2) is 8.39. The lowest BCUT2D eigenvalue weighted by molar-refractivity contribution is 0.252. The second-order valence-electron chi connectivity index (χ2n) is 5.71. The van der Waals surface area contributed by atoms with Crippen LogP contribution in [-0.4, -0.2) is 24.5 Å². The average Bonchev–Trinajstić information content (AvgIpc) is 2.69. The molecule has 1 N–H and O–H groups in total. The number of hydrogen-bond donors (Lipinski definition) is 1. The molecule has 110 valence electrons. The quantitative estimate of drug-likeness (QED) is 0.740. The minimum Gasteiger partial charge on any atom is -0.463 e. The maximum Gasteiger partial charge on any atom is 0.120 e. The van der Waals surface area contributed by atoms with Crippen LogP contribution in [0.5, 0.6) is 0 Å². The van der Waals surface area contributed by atoms with E-state index in [0.29, 0.717) is 5.92 Å². The predicted molar refractivity (Wildman–Crippen MR) is 81.2 cm³/mol. The van der Waals surface area contributed by atoms with Gasteiger partial charge in [0.2, 0.25) is 0 Å². The van der Waals surface area contributed by atoms with Crippen LogP contribution in [0.25, 0.3) is 0 Å². The third kappa shape index (κ3) is 5.79. The van der Waals surface area contributed by atoms with E-state index in [2.05, 4.69) is 50.9 Å². The SMILES string of the molecule is CCCN(CC)Cc1cc(C)c(CNCC(C)C)o1. The van der Waals surface area contributed by atoms with Gasteiger partial charge in [0, 0.05) is 0 Å². The van der Waals surface area contributed by atoms with Gasteiger partial charge in [-0.05, 0) is 50.5 Å². The topological polar surface area (TPSA) is 28.4 Å². The number of nitrogens with zero attached hydrogens (tertiary/aromatic N) is 1. The van der Waals surface area contributed by atoms with Crippen molar-refractivity contribution >= 4 is 0 Å². The van der Waals surface area contributed by atoms with Crippen molar-refractivity contribution in [2.75, 3.05) is 19.6 Å². The summed E-state index contributed by atoms with van der Waals surface area (Å²) in [4.78, 5) is 2.42. The summed E-state index contributed by atoms with van der Waals surface area (Å²) < 4.78 is 5.97. The maximum atomic E-state index is 5.97. The van der Waals surface area contributed by atoms with Crippen molar-refractivity contribution in [1.82, 2.24) is 10.2 Å². The van der Waals surface area contributed by atoms with E-state index in [-0.39, 0.29) is 0 Å². The lowest BCUT2D eigenvalue weighted by atomic mass is 10.2. The smallest absolute Gasteiger partial charge is 0.120 e. The highest BCUT2D eigenvalue weighted by atomic mass is 16.3. The summed E-state index contributed by atoms with van der Waals surface area (Å²) in [5.41, 5.74) is 1.26. The average molecular weight is 266 g/mol. The highest BCUT2D eigenvalue weighted by molar-refractivity contribution is 5.20. The van der Waals surface area contributed by atoms with Crippen LogP contribution in [0.1, 0.15) is 51.2 Å². The molecule has 0 saturated carbocycles. The summed E-state index contributed by atoms with van der Waals surface area (Å²) in [7, 11) is 0. The molecule has 0 unspecified atom stereocenters. The summed E-state index contributed by atoms with van der Waals surface area (Å²) in [6, 6.07) is 2.19.